The first-order valence-electron chi connectivity index (χ1n) is 11.5. The summed E-state index contributed by atoms with van der Waals surface area (Å²) in [6, 6.07) is 0. The van der Waals surface area contributed by atoms with Crippen molar-refractivity contribution in [3.8, 4) is 0 Å². The number of aliphatic hydroxyl groups excluding tert-OH is 1. The third-order valence-corrected chi connectivity index (χ3v) is 6.71. The van der Waals surface area contributed by atoms with Gasteiger partial charge in [-0.15, -0.1) is 0 Å². The quantitative estimate of drug-likeness (QED) is 0.311. The Morgan fingerprint density at radius 2 is 1.89 bits per heavy atom. The second kappa shape index (κ2) is 11.9. The number of allylic oxidation sites excluding steroid dienone is 1. The van der Waals surface area contributed by atoms with Crippen LogP contribution >= 0.6 is 0 Å². The van der Waals surface area contributed by atoms with Crippen molar-refractivity contribution in [1.29, 1.82) is 0 Å². The minimum atomic E-state index is -0.531. The second-order valence-corrected chi connectivity index (χ2v) is 9.04. The van der Waals surface area contributed by atoms with Gasteiger partial charge in [0.25, 0.3) is 0 Å². The fourth-order valence-corrected chi connectivity index (χ4v) is 4.68. The van der Waals surface area contributed by atoms with E-state index < -0.39 is 5.60 Å². The van der Waals surface area contributed by atoms with E-state index in [2.05, 4.69) is 19.1 Å². The van der Waals surface area contributed by atoms with Crippen molar-refractivity contribution in [3.63, 3.8) is 0 Å². The zero-order valence-corrected chi connectivity index (χ0v) is 17.7. The van der Waals surface area contributed by atoms with Crippen LogP contribution in [0.15, 0.2) is 12.2 Å². The van der Waals surface area contributed by atoms with Gasteiger partial charge in [-0.05, 0) is 56.8 Å². The SMILES string of the molecule is CCCCC(O)(CC=C[C@H]1CCC(=O)[C@@H]1CCCCCCC(=O)CO)C1CC1. The zero-order valence-electron chi connectivity index (χ0n) is 17.7. The van der Waals surface area contributed by atoms with E-state index in [1.807, 2.05) is 0 Å². The van der Waals surface area contributed by atoms with Crippen LogP contribution in [-0.4, -0.2) is 34.0 Å². The zero-order chi connectivity index (χ0) is 20.4. The molecule has 0 radical (unpaired) electrons. The van der Waals surface area contributed by atoms with Crippen LogP contribution in [-0.2, 0) is 9.59 Å². The van der Waals surface area contributed by atoms with Gasteiger partial charge in [0.15, 0.2) is 5.78 Å². The molecule has 0 saturated heterocycles. The van der Waals surface area contributed by atoms with Crippen molar-refractivity contribution in [3.05, 3.63) is 12.2 Å². The minimum absolute atomic E-state index is 0.0822. The van der Waals surface area contributed by atoms with Gasteiger partial charge in [0.05, 0.1) is 5.60 Å². The van der Waals surface area contributed by atoms with Gasteiger partial charge in [-0.25, -0.2) is 0 Å². The van der Waals surface area contributed by atoms with Gasteiger partial charge in [-0.3, -0.25) is 9.59 Å². The molecule has 2 N–H and O–H groups in total. The number of hydrogen-bond donors (Lipinski definition) is 2. The van der Waals surface area contributed by atoms with Crippen LogP contribution in [0.3, 0.4) is 0 Å². The lowest BCUT2D eigenvalue weighted by molar-refractivity contribution is -0.122. The van der Waals surface area contributed by atoms with E-state index in [1.54, 1.807) is 0 Å². The maximum absolute atomic E-state index is 12.3. The number of Topliss-reactive ketones (excluding diaryl/α,β-unsaturated/α-hetero) is 2. The summed E-state index contributed by atoms with van der Waals surface area (Å²) in [5, 5.41) is 19.7. The molecule has 28 heavy (non-hydrogen) atoms. The fourth-order valence-electron chi connectivity index (χ4n) is 4.68. The summed E-state index contributed by atoms with van der Waals surface area (Å²) in [6.07, 6.45) is 17.4. The first-order chi connectivity index (χ1) is 13.5. The Morgan fingerprint density at radius 1 is 1.14 bits per heavy atom. The highest BCUT2D eigenvalue weighted by atomic mass is 16.3. The summed E-state index contributed by atoms with van der Waals surface area (Å²) in [5.41, 5.74) is -0.531. The standard InChI is InChI=1S/C24H40O4/c1-2-3-16-24(28,20-13-14-20)17-8-9-19-12-15-23(27)22(19)11-7-5-4-6-10-21(26)18-25/h8-9,19-20,22,25,28H,2-7,10-18H2,1H3/t19-,22+,24?/m0/s1. The number of carbonyl (C=O) groups excluding carboxylic acids is 2. The maximum Gasteiger partial charge on any atom is 0.158 e. The number of ketones is 2. The Labute approximate surface area is 170 Å². The molecule has 0 bridgehead atoms. The van der Waals surface area contributed by atoms with Crippen LogP contribution in [0.1, 0.15) is 96.8 Å². The van der Waals surface area contributed by atoms with E-state index in [4.69, 9.17) is 5.11 Å². The Kier molecular flexibility index (Phi) is 9.87. The van der Waals surface area contributed by atoms with E-state index >= 15 is 0 Å². The highest BCUT2D eigenvalue weighted by molar-refractivity contribution is 5.83. The molecular weight excluding hydrogens is 352 g/mol. The Morgan fingerprint density at radius 3 is 2.57 bits per heavy atom. The molecule has 2 fully saturated rings. The van der Waals surface area contributed by atoms with Crippen LogP contribution in [0.5, 0.6) is 0 Å². The molecule has 0 amide bonds. The van der Waals surface area contributed by atoms with E-state index in [0.717, 1.165) is 77.0 Å². The number of hydrogen-bond acceptors (Lipinski definition) is 4. The third-order valence-electron chi connectivity index (χ3n) is 6.71. The summed E-state index contributed by atoms with van der Waals surface area (Å²) < 4.78 is 0. The molecule has 4 nitrogen and oxygen atoms in total. The monoisotopic (exact) mass is 392 g/mol. The Hall–Kier alpha value is -1.00. The number of rotatable bonds is 15. The lowest BCUT2D eigenvalue weighted by Crippen LogP contribution is -2.30. The van der Waals surface area contributed by atoms with Crippen molar-refractivity contribution in [2.45, 2.75) is 102 Å². The summed E-state index contributed by atoms with van der Waals surface area (Å²) in [4.78, 5) is 23.4. The summed E-state index contributed by atoms with van der Waals surface area (Å²) >= 11 is 0. The van der Waals surface area contributed by atoms with Crippen molar-refractivity contribution in [2.24, 2.45) is 17.8 Å². The highest BCUT2D eigenvalue weighted by Crippen LogP contribution is 2.44. The van der Waals surface area contributed by atoms with E-state index in [1.165, 1.54) is 0 Å². The molecule has 0 aromatic rings. The summed E-state index contributed by atoms with van der Waals surface area (Å²) in [5.74, 6) is 1.26. The fraction of sp³-hybridized carbons (Fsp3) is 0.833. The largest absolute Gasteiger partial charge is 0.389 e. The maximum atomic E-state index is 12.3. The van der Waals surface area contributed by atoms with Gasteiger partial charge in [0.1, 0.15) is 12.4 Å². The number of unbranched alkanes of at least 4 members (excludes halogenated alkanes) is 4. The molecule has 0 aromatic heterocycles. The van der Waals surface area contributed by atoms with Crippen LogP contribution in [0.2, 0.25) is 0 Å². The topological polar surface area (TPSA) is 74.6 Å². The van der Waals surface area contributed by atoms with Crippen LogP contribution in [0.4, 0.5) is 0 Å². The molecule has 4 heteroatoms. The molecule has 2 aliphatic rings. The van der Waals surface area contributed by atoms with Crippen LogP contribution in [0, 0.1) is 17.8 Å². The molecule has 0 aliphatic heterocycles. The van der Waals surface area contributed by atoms with Crippen LogP contribution < -0.4 is 0 Å². The van der Waals surface area contributed by atoms with Gasteiger partial charge in [0.2, 0.25) is 0 Å². The molecule has 2 aliphatic carbocycles. The molecule has 3 atom stereocenters. The molecule has 2 rings (SSSR count). The average Bonchev–Trinajstić information content (AvgIpc) is 3.49. The minimum Gasteiger partial charge on any atom is -0.389 e. The molecule has 0 aromatic carbocycles. The molecule has 0 heterocycles. The van der Waals surface area contributed by atoms with Gasteiger partial charge in [0, 0.05) is 18.8 Å². The lowest BCUT2D eigenvalue weighted by Gasteiger charge is -2.27. The number of aliphatic hydroxyl groups is 2. The van der Waals surface area contributed by atoms with Gasteiger partial charge >= 0.3 is 0 Å². The van der Waals surface area contributed by atoms with Gasteiger partial charge < -0.3 is 10.2 Å². The average molecular weight is 393 g/mol. The van der Waals surface area contributed by atoms with Crippen molar-refractivity contribution in [1.82, 2.24) is 0 Å². The van der Waals surface area contributed by atoms with Gasteiger partial charge in [-0.2, -0.15) is 0 Å². The summed E-state index contributed by atoms with van der Waals surface area (Å²) in [6.45, 7) is 1.82. The van der Waals surface area contributed by atoms with Crippen molar-refractivity contribution in [2.75, 3.05) is 6.61 Å². The normalized spacial score (nSPS) is 24.8. The first-order valence-corrected chi connectivity index (χ1v) is 11.5. The van der Waals surface area contributed by atoms with E-state index in [9.17, 15) is 14.7 Å². The van der Waals surface area contributed by atoms with E-state index in [0.29, 0.717) is 30.5 Å². The molecular formula is C24H40O4. The Balaban J connectivity index is 1.73. The number of carbonyl (C=O) groups is 2. The third kappa shape index (κ3) is 7.44. The van der Waals surface area contributed by atoms with Crippen molar-refractivity contribution < 1.29 is 19.8 Å². The predicted octanol–water partition coefficient (Wildman–Crippen LogP) is 4.76. The van der Waals surface area contributed by atoms with Crippen molar-refractivity contribution >= 4 is 11.6 Å². The highest BCUT2D eigenvalue weighted by Gasteiger charge is 2.42. The van der Waals surface area contributed by atoms with E-state index in [-0.39, 0.29) is 18.3 Å². The second-order valence-electron chi connectivity index (χ2n) is 9.04. The smallest absolute Gasteiger partial charge is 0.158 e. The Bertz CT molecular complexity index is 523. The molecule has 2 saturated carbocycles. The first kappa shape index (κ1) is 23.3. The molecule has 160 valence electrons. The van der Waals surface area contributed by atoms with Crippen LogP contribution in [0.25, 0.3) is 0 Å². The lowest BCUT2D eigenvalue weighted by atomic mass is 9.86. The molecule has 0 spiro atoms. The molecule has 1 unspecified atom stereocenters. The summed E-state index contributed by atoms with van der Waals surface area (Å²) in [7, 11) is 0. The predicted molar refractivity (Wildman–Crippen MR) is 112 cm³/mol. The van der Waals surface area contributed by atoms with Gasteiger partial charge in [-0.1, -0.05) is 51.2 Å².